The van der Waals surface area contributed by atoms with Gasteiger partial charge in [0.25, 0.3) is 0 Å². The minimum Gasteiger partial charge on any atom is -0.323 e. The van der Waals surface area contributed by atoms with Crippen molar-refractivity contribution in [3.63, 3.8) is 0 Å². The van der Waals surface area contributed by atoms with Gasteiger partial charge in [0.15, 0.2) is 11.0 Å². The number of benzene rings is 3. The van der Waals surface area contributed by atoms with Crippen molar-refractivity contribution < 1.29 is 18.0 Å². The van der Waals surface area contributed by atoms with E-state index in [1.54, 1.807) is 42.7 Å². The first-order valence-electron chi connectivity index (χ1n) is 12.0. The smallest absolute Gasteiger partial charge is 0.323 e. The number of hydrogen-bond donors (Lipinski definition) is 1. The minimum absolute atomic E-state index is 0.0138. The molecule has 40 heavy (non-hydrogen) atoms. The number of rotatable bonds is 7. The molecule has 0 aliphatic carbocycles. The fourth-order valence-electron chi connectivity index (χ4n) is 4.06. The molecule has 0 spiro atoms. The molecule has 1 N–H and O–H groups in total. The Morgan fingerprint density at radius 1 is 0.975 bits per heavy atom. The SMILES string of the molecule is Cc1ccccc1-n1c(S[C@H](C(=O)Nc2cc(C(F)(F)F)ccc2Cl)c2ccccc2)nnc1-c1cccnc1. The molecule has 11 heteroatoms. The highest BCUT2D eigenvalue weighted by Crippen LogP contribution is 2.40. The van der Waals surface area contributed by atoms with E-state index in [-0.39, 0.29) is 10.7 Å². The first kappa shape index (κ1) is 27.4. The largest absolute Gasteiger partial charge is 0.416 e. The number of aryl methyl sites for hydroxylation is 1. The third-order valence-electron chi connectivity index (χ3n) is 6.02. The number of para-hydroxylation sites is 1. The topological polar surface area (TPSA) is 72.7 Å². The van der Waals surface area contributed by atoms with Crippen molar-refractivity contribution in [2.75, 3.05) is 5.32 Å². The highest BCUT2D eigenvalue weighted by molar-refractivity contribution is 8.00. The van der Waals surface area contributed by atoms with Crippen LogP contribution in [0.5, 0.6) is 0 Å². The van der Waals surface area contributed by atoms with Crippen LogP contribution in [0.25, 0.3) is 17.1 Å². The summed E-state index contributed by atoms with van der Waals surface area (Å²) in [5.41, 5.74) is 2.04. The number of carbonyl (C=O) groups excluding carboxylic acids is 1. The monoisotopic (exact) mass is 579 g/mol. The second kappa shape index (κ2) is 11.5. The summed E-state index contributed by atoms with van der Waals surface area (Å²) in [6, 6.07) is 23.0. The van der Waals surface area contributed by atoms with Gasteiger partial charge in [0.05, 0.1) is 22.0 Å². The molecule has 2 heterocycles. The zero-order valence-corrected chi connectivity index (χ0v) is 22.5. The van der Waals surface area contributed by atoms with Crippen molar-refractivity contribution in [2.24, 2.45) is 0 Å². The van der Waals surface area contributed by atoms with Crippen molar-refractivity contribution in [2.45, 2.75) is 23.5 Å². The molecular weight excluding hydrogens is 559 g/mol. The molecule has 2 aromatic heterocycles. The molecule has 6 nitrogen and oxygen atoms in total. The summed E-state index contributed by atoms with van der Waals surface area (Å²) in [5, 5.41) is 10.9. The summed E-state index contributed by atoms with van der Waals surface area (Å²) in [6.45, 7) is 1.95. The van der Waals surface area contributed by atoms with Gasteiger partial charge in [-0.25, -0.2) is 0 Å². The highest BCUT2D eigenvalue weighted by atomic mass is 35.5. The van der Waals surface area contributed by atoms with Crippen molar-refractivity contribution in [1.82, 2.24) is 19.7 Å². The lowest BCUT2D eigenvalue weighted by atomic mass is 10.1. The Labute approximate surface area is 237 Å². The van der Waals surface area contributed by atoms with Gasteiger partial charge in [0.1, 0.15) is 5.25 Å². The van der Waals surface area contributed by atoms with Crippen LogP contribution < -0.4 is 5.32 Å². The standard InChI is InChI=1S/C29H21ClF3N5OS/c1-18-8-5-6-12-24(18)38-26(20-11-7-15-34-17-20)36-37-28(38)40-25(19-9-3-2-4-10-19)27(39)35-23-16-21(29(31,32)33)13-14-22(23)30/h2-17,25H,1H3,(H,35,39)/t25-/m0/s1. The number of thioether (sulfide) groups is 1. The van der Waals surface area contributed by atoms with E-state index in [0.717, 1.165) is 46.8 Å². The first-order chi connectivity index (χ1) is 19.2. The number of halogens is 4. The third kappa shape index (κ3) is 5.88. The van der Waals surface area contributed by atoms with Crippen molar-refractivity contribution in [3.8, 4) is 17.1 Å². The zero-order valence-electron chi connectivity index (χ0n) is 20.9. The lowest BCUT2D eigenvalue weighted by molar-refractivity contribution is -0.137. The Kier molecular flexibility index (Phi) is 7.90. The molecule has 3 aromatic carbocycles. The summed E-state index contributed by atoms with van der Waals surface area (Å²) >= 11 is 7.30. The van der Waals surface area contributed by atoms with Gasteiger partial charge >= 0.3 is 6.18 Å². The Hall–Kier alpha value is -4.15. The lowest BCUT2D eigenvalue weighted by Gasteiger charge is -2.19. The Bertz CT molecular complexity index is 1650. The number of amides is 1. The molecule has 0 unspecified atom stereocenters. The van der Waals surface area contributed by atoms with Crippen LogP contribution in [0.4, 0.5) is 18.9 Å². The second-order valence-corrected chi connectivity index (χ2v) is 10.2. The molecule has 0 saturated heterocycles. The molecule has 5 aromatic rings. The molecule has 0 aliphatic heterocycles. The van der Waals surface area contributed by atoms with Gasteiger partial charge in [0.2, 0.25) is 5.91 Å². The number of nitrogens with one attached hydrogen (secondary N) is 1. The number of anilines is 1. The number of carbonyl (C=O) groups is 1. The second-order valence-electron chi connectivity index (χ2n) is 8.76. The molecule has 0 aliphatic rings. The maximum atomic E-state index is 13.7. The number of aromatic nitrogens is 4. The van der Waals surface area contributed by atoms with Gasteiger partial charge in [-0.3, -0.25) is 14.3 Å². The maximum absolute atomic E-state index is 13.7. The van der Waals surface area contributed by atoms with Crippen LogP contribution in [-0.4, -0.2) is 25.7 Å². The molecular formula is C29H21ClF3N5OS. The molecule has 0 radical (unpaired) electrons. The predicted molar refractivity (Wildman–Crippen MR) is 149 cm³/mol. The predicted octanol–water partition coefficient (Wildman–Crippen LogP) is 7.78. The van der Waals surface area contributed by atoms with Gasteiger partial charge in [0, 0.05) is 18.0 Å². The molecule has 1 atom stereocenters. The summed E-state index contributed by atoms with van der Waals surface area (Å²) in [5.74, 6) is -0.0438. The van der Waals surface area contributed by atoms with Gasteiger partial charge in [-0.05, 0) is 54.4 Å². The van der Waals surface area contributed by atoms with Gasteiger partial charge in [-0.15, -0.1) is 10.2 Å². The van der Waals surface area contributed by atoms with Crippen LogP contribution in [0.2, 0.25) is 5.02 Å². The highest BCUT2D eigenvalue weighted by Gasteiger charge is 2.32. The van der Waals surface area contributed by atoms with E-state index in [4.69, 9.17) is 11.6 Å². The normalized spacial score (nSPS) is 12.2. The zero-order chi connectivity index (χ0) is 28.3. The molecule has 202 valence electrons. The van der Waals surface area contributed by atoms with E-state index in [0.29, 0.717) is 16.5 Å². The van der Waals surface area contributed by atoms with Crippen LogP contribution in [0.15, 0.2) is 102 Å². The molecule has 0 bridgehead atoms. The number of alkyl halides is 3. The Morgan fingerprint density at radius 3 is 2.42 bits per heavy atom. The van der Waals surface area contributed by atoms with E-state index < -0.39 is 22.9 Å². The fraction of sp³-hybridized carbons (Fsp3) is 0.103. The van der Waals surface area contributed by atoms with Crippen LogP contribution in [-0.2, 0) is 11.0 Å². The average Bonchev–Trinajstić information content (AvgIpc) is 3.37. The summed E-state index contributed by atoms with van der Waals surface area (Å²) in [6.07, 6.45) is -1.27. The van der Waals surface area contributed by atoms with Crippen molar-refractivity contribution in [1.29, 1.82) is 0 Å². The molecule has 0 saturated carbocycles. The van der Waals surface area contributed by atoms with E-state index >= 15 is 0 Å². The fourth-order valence-corrected chi connectivity index (χ4v) is 5.27. The molecule has 0 fully saturated rings. The van der Waals surface area contributed by atoms with Crippen LogP contribution in [0.1, 0.15) is 21.9 Å². The van der Waals surface area contributed by atoms with Crippen LogP contribution in [0, 0.1) is 6.92 Å². The molecule has 5 rings (SSSR count). The van der Waals surface area contributed by atoms with Gasteiger partial charge in [-0.1, -0.05) is 71.9 Å². The summed E-state index contributed by atoms with van der Waals surface area (Å²) in [4.78, 5) is 17.9. The minimum atomic E-state index is -4.59. The number of nitrogens with zero attached hydrogens (tertiary/aromatic N) is 4. The van der Waals surface area contributed by atoms with Gasteiger partial charge < -0.3 is 5.32 Å². The summed E-state index contributed by atoms with van der Waals surface area (Å²) < 4.78 is 41.9. The van der Waals surface area contributed by atoms with Gasteiger partial charge in [-0.2, -0.15) is 13.2 Å². The van der Waals surface area contributed by atoms with E-state index in [1.807, 2.05) is 47.9 Å². The quantitative estimate of drug-likeness (QED) is 0.199. The first-order valence-corrected chi connectivity index (χ1v) is 13.3. The van der Waals surface area contributed by atoms with Crippen molar-refractivity contribution in [3.05, 3.63) is 119 Å². The lowest BCUT2D eigenvalue weighted by Crippen LogP contribution is -2.20. The van der Waals surface area contributed by atoms with E-state index in [9.17, 15) is 18.0 Å². The van der Waals surface area contributed by atoms with Crippen LogP contribution in [0.3, 0.4) is 0 Å². The van der Waals surface area contributed by atoms with E-state index in [2.05, 4.69) is 20.5 Å². The Balaban J connectivity index is 1.57. The van der Waals surface area contributed by atoms with E-state index in [1.165, 1.54) is 0 Å². The average molecular weight is 580 g/mol. The maximum Gasteiger partial charge on any atom is 0.416 e. The molecule has 1 amide bonds. The summed E-state index contributed by atoms with van der Waals surface area (Å²) in [7, 11) is 0. The van der Waals surface area contributed by atoms with Crippen molar-refractivity contribution >= 4 is 35.0 Å². The number of pyridine rings is 1. The van der Waals surface area contributed by atoms with Crippen LogP contribution >= 0.6 is 23.4 Å². The number of hydrogen-bond acceptors (Lipinski definition) is 5. The third-order valence-corrected chi connectivity index (χ3v) is 7.55. The Morgan fingerprint density at radius 2 is 1.73 bits per heavy atom.